The predicted molar refractivity (Wildman–Crippen MR) is 176 cm³/mol. The van der Waals surface area contributed by atoms with Crippen molar-refractivity contribution in [3.63, 3.8) is 0 Å². The van der Waals surface area contributed by atoms with Crippen LogP contribution in [0.1, 0.15) is 74.5 Å². The Kier molecular flexibility index (Phi) is 9.75. The molecule has 4 aliphatic rings. The van der Waals surface area contributed by atoms with Gasteiger partial charge in [0.1, 0.15) is 12.4 Å². The van der Waals surface area contributed by atoms with Crippen molar-refractivity contribution in [2.75, 3.05) is 53.0 Å². The van der Waals surface area contributed by atoms with Crippen LogP contribution in [0.3, 0.4) is 0 Å². The third-order valence-electron chi connectivity index (χ3n) is 11.4. The van der Waals surface area contributed by atoms with Gasteiger partial charge in [0.25, 0.3) is 5.92 Å². The van der Waals surface area contributed by atoms with Gasteiger partial charge in [0, 0.05) is 31.2 Å². The second kappa shape index (κ2) is 13.4. The summed E-state index contributed by atoms with van der Waals surface area (Å²) in [5.41, 5.74) is 2.21. The SMILES string of the molecule is COc1cc(C)c(S(=O)(=O)N2CCCC[C@H]2COCC(=O)N2CCC3(CC2)CCC(c2ccccc2)(N2CC(F)(F)C2)CC3)c(C)c1. The van der Waals surface area contributed by atoms with Crippen molar-refractivity contribution in [2.45, 2.75) is 94.0 Å². The molecule has 47 heavy (non-hydrogen) atoms. The molecule has 258 valence electrons. The topological polar surface area (TPSA) is 79.4 Å². The van der Waals surface area contributed by atoms with Crippen LogP contribution >= 0.6 is 0 Å². The lowest BCUT2D eigenvalue weighted by atomic mass is 9.60. The molecule has 1 aliphatic carbocycles. The van der Waals surface area contributed by atoms with Gasteiger partial charge in [0.05, 0.1) is 31.7 Å². The summed E-state index contributed by atoms with van der Waals surface area (Å²) in [7, 11) is -2.19. The summed E-state index contributed by atoms with van der Waals surface area (Å²) in [6, 6.07) is 13.3. The monoisotopic (exact) mass is 673 g/mol. The van der Waals surface area contributed by atoms with Crippen molar-refractivity contribution in [1.82, 2.24) is 14.1 Å². The van der Waals surface area contributed by atoms with E-state index >= 15 is 0 Å². The zero-order valence-corrected chi connectivity index (χ0v) is 28.8. The Labute approximate surface area is 278 Å². The van der Waals surface area contributed by atoms with Gasteiger partial charge in [0.15, 0.2) is 0 Å². The fraction of sp³-hybridized carbons (Fsp3) is 0.639. The average Bonchev–Trinajstić information content (AvgIpc) is 3.04. The zero-order valence-electron chi connectivity index (χ0n) is 28.0. The summed E-state index contributed by atoms with van der Waals surface area (Å²) in [4.78, 5) is 17.4. The smallest absolute Gasteiger partial charge is 0.273 e. The standard InChI is InChI=1S/C36H49F2N3O5S/c1-27-21-31(45-3)22-28(2)33(27)47(43,44)41-18-8-7-11-30(41)23-46-24-32(42)39-19-16-34(17-20-39)12-14-35(15-13-34,29-9-5-4-6-10-29)40-25-36(37,38)26-40/h4-6,9-10,21-22,30H,7-8,11-20,23-26H2,1-3H3/t30-/m0/s1. The number of sulfonamides is 1. The quantitative estimate of drug-likeness (QED) is 0.330. The number of amides is 1. The highest BCUT2D eigenvalue weighted by Crippen LogP contribution is 2.55. The molecule has 0 aromatic heterocycles. The van der Waals surface area contributed by atoms with Gasteiger partial charge in [0.2, 0.25) is 15.9 Å². The van der Waals surface area contributed by atoms with E-state index in [0.29, 0.717) is 47.8 Å². The summed E-state index contributed by atoms with van der Waals surface area (Å²) in [6.07, 6.45) is 7.80. The largest absolute Gasteiger partial charge is 0.497 e. The molecule has 1 saturated carbocycles. The van der Waals surface area contributed by atoms with E-state index in [1.54, 1.807) is 37.4 Å². The predicted octanol–water partition coefficient (Wildman–Crippen LogP) is 5.90. The van der Waals surface area contributed by atoms with Gasteiger partial charge < -0.3 is 14.4 Å². The Morgan fingerprint density at radius 3 is 2.15 bits per heavy atom. The van der Waals surface area contributed by atoms with Crippen LogP contribution in [0.25, 0.3) is 0 Å². The van der Waals surface area contributed by atoms with E-state index in [1.807, 2.05) is 28.0 Å². The lowest BCUT2D eigenvalue weighted by Crippen LogP contribution is -2.65. The molecule has 2 aromatic rings. The van der Waals surface area contributed by atoms with Gasteiger partial charge in [-0.2, -0.15) is 4.31 Å². The second-order valence-electron chi connectivity index (χ2n) is 14.4. The fourth-order valence-electron chi connectivity index (χ4n) is 8.66. The van der Waals surface area contributed by atoms with Gasteiger partial charge >= 0.3 is 0 Å². The zero-order chi connectivity index (χ0) is 33.5. The number of hydrogen-bond donors (Lipinski definition) is 0. The number of carbonyl (C=O) groups excluding carboxylic acids is 1. The van der Waals surface area contributed by atoms with Crippen molar-refractivity contribution in [2.24, 2.45) is 5.41 Å². The second-order valence-corrected chi connectivity index (χ2v) is 16.2. The summed E-state index contributed by atoms with van der Waals surface area (Å²) >= 11 is 0. The van der Waals surface area contributed by atoms with Crippen LogP contribution in [0.4, 0.5) is 8.78 Å². The van der Waals surface area contributed by atoms with Crippen LogP contribution in [0.2, 0.25) is 0 Å². The number of rotatable bonds is 9. The highest BCUT2D eigenvalue weighted by molar-refractivity contribution is 7.89. The molecule has 8 nitrogen and oxygen atoms in total. The Hall–Kier alpha value is -2.60. The van der Waals surface area contributed by atoms with Crippen LogP contribution in [-0.2, 0) is 25.1 Å². The first-order chi connectivity index (χ1) is 22.4. The molecule has 3 saturated heterocycles. The van der Waals surface area contributed by atoms with Crippen molar-refractivity contribution < 1.29 is 31.5 Å². The minimum Gasteiger partial charge on any atom is -0.497 e. The first kappa shape index (κ1) is 34.3. The summed E-state index contributed by atoms with van der Waals surface area (Å²) in [5.74, 6) is -2.05. The Morgan fingerprint density at radius 2 is 1.55 bits per heavy atom. The number of alkyl halides is 2. The molecule has 0 unspecified atom stereocenters. The van der Waals surface area contributed by atoms with Crippen LogP contribution in [-0.4, -0.2) is 93.4 Å². The van der Waals surface area contributed by atoms with Crippen molar-refractivity contribution >= 4 is 15.9 Å². The molecule has 3 aliphatic heterocycles. The highest BCUT2D eigenvalue weighted by atomic mass is 32.2. The molecule has 3 heterocycles. The number of carbonyl (C=O) groups is 1. The highest BCUT2D eigenvalue weighted by Gasteiger charge is 2.56. The molecule has 11 heteroatoms. The van der Waals surface area contributed by atoms with Crippen molar-refractivity contribution in [3.05, 3.63) is 59.2 Å². The van der Waals surface area contributed by atoms with Crippen molar-refractivity contribution in [1.29, 1.82) is 0 Å². The van der Waals surface area contributed by atoms with E-state index in [0.717, 1.165) is 56.9 Å². The molecule has 1 spiro atoms. The maximum Gasteiger partial charge on any atom is 0.273 e. The summed E-state index contributed by atoms with van der Waals surface area (Å²) in [6.45, 7) is 5.07. The lowest BCUT2D eigenvalue weighted by molar-refractivity contribution is -0.186. The van der Waals surface area contributed by atoms with Crippen molar-refractivity contribution in [3.8, 4) is 5.75 Å². The first-order valence-electron chi connectivity index (χ1n) is 17.1. The third kappa shape index (κ3) is 6.82. The molecule has 6 rings (SSSR count). The number of halogens is 2. The molecule has 0 radical (unpaired) electrons. The molecule has 4 fully saturated rings. The number of piperidine rings is 2. The maximum atomic E-state index is 14.0. The normalized spacial score (nSPS) is 24.5. The Morgan fingerprint density at radius 1 is 0.915 bits per heavy atom. The number of methoxy groups -OCH3 is 1. The third-order valence-corrected chi connectivity index (χ3v) is 13.7. The van der Waals surface area contributed by atoms with Gasteiger partial charge in [-0.3, -0.25) is 9.69 Å². The number of likely N-dealkylation sites (tertiary alicyclic amines) is 2. The molecule has 0 bridgehead atoms. The van der Waals surface area contributed by atoms with E-state index in [1.165, 1.54) is 0 Å². The molecule has 0 N–H and O–H groups in total. The summed E-state index contributed by atoms with van der Waals surface area (Å²) < 4.78 is 68.5. The van der Waals surface area contributed by atoms with E-state index in [4.69, 9.17) is 9.47 Å². The van der Waals surface area contributed by atoms with Crippen LogP contribution in [0.15, 0.2) is 47.4 Å². The first-order valence-corrected chi connectivity index (χ1v) is 18.5. The van der Waals surface area contributed by atoms with Crippen LogP contribution in [0.5, 0.6) is 5.75 Å². The maximum absolute atomic E-state index is 14.0. The molecule has 1 amide bonds. The minimum atomic E-state index is -3.76. The van der Waals surface area contributed by atoms with E-state index in [-0.39, 0.29) is 49.2 Å². The van der Waals surface area contributed by atoms with E-state index in [2.05, 4.69) is 12.1 Å². The van der Waals surface area contributed by atoms with Gasteiger partial charge in [-0.1, -0.05) is 36.8 Å². The Balaban J connectivity index is 1.02. The lowest BCUT2D eigenvalue weighted by Gasteiger charge is -2.57. The van der Waals surface area contributed by atoms with Gasteiger partial charge in [-0.05, 0) is 99.5 Å². The molecule has 1 atom stereocenters. The molecule has 2 aromatic carbocycles. The number of aryl methyl sites for hydroxylation is 2. The van der Waals surface area contributed by atoms with Gasteiger partial charge in [-0.25, -0.2) is 17.2 Å². The Bertz CT molecular complexity index is 1500. The van der Waals surface area contributed by atoms with E-state index in [9.17, 15) is 22.0 Å². The molecular weight excluding hydrogens is 624 g/mol. The van der Waals surface area contributed by atoms with Crippen LogP contribution in [0, 0.1) is 19.3 Å². The molecular formula is C36H49F2N3O5S. The number of ether oxygens (including phenoxy) is 2. The number of hydrogen-bond acceptors (Lipinski definition) is 6. The number of nitrogens with zero attached hydrogens (tertiary/aromatic N) is 3. The summed E-state index contributed by atoms with van der Waals surface area (Å²) in [5, 5.41) is 0. The fourth-order valence-corrected chi connectivity index (χ4v) is 10.8. The number of benzene rings is 2. The minimum absolute atomic E-state index is 0.0656. The van der Waals surface area contributed by atoms with Crippen LogP contribution < -0.4 is 4.74 Å². The van der Waals surface area contributed by atoms with Gasteiger partial charge in [-0.15, -0.1) is 0 Å². The average molecular weight is 674 g/mol. The van der Waals surface area contributed by atoms with E-state index < -0.39 is 15.9 Å².